The van der Waals surface area contributed by atoms with Gasteiger partial charge >= 0.3 is 0 Å². The predicted molar refractivity (Wildman–Crippen MR) is 124 cm³/mol. The Kier molecular flexibility index (Phi) is 6.43. The Morgan fingerprint density at radius 1 is 1.09 bits per heavy atom. The van der Waals surface area contributed by atoms with Gasteiger partial charge in [0.25, 0.3) is 0 Å². The molecule has 0 aliphatic rings. The Hall–Kier alpha value is -3.36. The molecular weight excluding hydrogens is 408 g/mol. The van der Waals surface area contributed by atoms with Crippen molar-refractivity contribution in [3.63, 3.8) is 0 Å². The molecule has 3 N–H and O–H groups in total. The highest BCUT2D eigenvalue weighted by Gasteiger charge is 2.15. The zero-order valence-electron chi connectivity index (χ0n) is 18.7. The minimum atomic E-state index is -0.645. The van der Waals surface area contributed by atoms with Gasteiger partial charge in [0.05, 0.1) is 18.0 Å². The summed E-state index contributed by atoms with van der Waals surface area (Å²) in [6, 6.07) is 9.71. The first-order valence-electron chi connectivity index (χ1n) is 10.6. The van der Waals surface area contributed by atoms with E-state index in [0.717, 1.165) is 16.5 Å². The van der Waals surface area contributed by atoms with Gasteiger partial charge in [0.1, 0.15) is 24.8 Å². The Bertz CT molecular complexity index is 1220. The van der Waals surface area contributed by atoms with Crippen LogP contribution in [-0.4, -0.2) is 52.5 Å². The fourth-order valence-corrected chi connectivity index (χ4v) is 3.43. The summed E-state index contributed by atoms with van der Waals surface area (Å²) in [6.07, 6.45) is 2.78. The molecule has 2 aromatic carbocycles. The van der Waals surface area contributed by atoms with Gasteiger partial charge in [-0.1, -0.05) is 13.8 Å². The topological polar surface area (TPSA) is 102 Å². The summed E-state index contributed by atoms with van der Waals surface area (Å²) < 4.78 is 17.4. The van der Waals surface area contributed by atoms with E-state index in [2.05, 4.69) is 20.3 Å². The van der Waals surface area contributed by atoms with E-state index < -0.39 is 6.10 Å². The number of hydrogen-bond acceptors (Lipinski definition) is 7. The molecule has 1 atom stereocenters. The van der Waals surface area contributed by atoms with Crippen molar-refractivity contribution in [1.29, 1.82) is 0 Å². The summed E-state index contributed by atoms with van der Waals surface area (Å²) in [5, 5.41) is 15.1. The normalized spacial score (nSPS) is 12.4. The van der Waals surface area contributed by atoms with Gasteiger partial charge in [-0.3, -0.25) is 0 Å². The maximum Gasteiger partial charge on any atom is 0.230 e. The highest BCUT2D eigenvalue weighted by molar-refractivity contribution is 5.88. The van der Waals surface area contributed by atoms with Crippen LogP contribution in [0.4, 0.5) is 0 Å². The average molecular weight is 437 g/mol. The van der Waals surface area contributed by atoms with Crippen LogP contribution in [0, 0.1) is 6.92 Å². The van der Waals surface area contributed by atoms with Gasteiger partial charge < -0.3 is 29.6 Å². The molecule has 0 amide bonds. The minimum absolute atomic E-state index is 0.131. The lowest BCUT2D eigenvalue weighted by atomic mass is 10.2. The van der Waals surface area contributed by atoms with Crippen molar-refractivity contribution in [3.8, 4) is 23.1 Å². The number of nitrogens with one attached hydrogen (secondary N) is 2. The number of ether oxygens (including phenoxy) is 3. The standard InChI is InChI=1S/C24H28N4O4/c1-14(2)25-11-16(29)12-31-23-9-21-19(8-22(23)30-4)24(28-13-27-21)32-17-5-6-20-18(7-17)15(3)10-26-20/h5-10,13-14,16,25-26,29H,11-12H2,1-4H3. The van der Waals surface area contributed by atoms with Crippen LogP contribution in [0.3, 0.4) is 0 Å². The number of H-pyrrole nitrogens is 1. The van der Waals surface area contributed by atoms with Gasteiger partial charge in [0.2, 0.25) is 5.88 Å². The predicted octanol–water partition coefficient (Wildman–Crippen LogP) is 3.96. The van der Waals surface area contributed by atoms with Gasteiger partial charge in [-0.2, -0.15) is 0 Å². The highest BCUT2D eigenvalue weighted by Crippen LogP contribution is 2.36. The van der Waals surface area contributed by atoms with Crippen LogP contribution in [-0.2, 0) is 0 Å². The third kappa shape index (κ3) is 4.76. The number of aromatic nitrogens is 3. The molecule has 0 spiro atoms. The second-order valence-electron chi connectivity index (χ2n) is 8.01. The summed E-state index contributed by atoms with van der Waals surface area (Å²) in [5.74, 6) is 2.12. The Labute approximate surface area is 186 Å². The van der Waals surface area contributed by atoms with Crippen LogP contribution in [0.15, 0.2) is 42.9 Å². The maximum absolute atomic E-state index is 10.1. The monoisotopic (exact) mass is 436 g/mol. The van der Waals surface area contributed by atoms with Crippen LogP contribution >= 0.6 is 0 Å². The average Bonchev–Trinajstić information content (AvgIpc) is 3.16. The number of hydrogen-bond donors (Lipinski definition) is 3. The largest absolute Gasteiger partial charge is 0.493 e. The van der Waals surface area contributed by atoms with Crippen molar-refractivity contribution >= 4 is 21.8 Å². The molecule has 32 heavy (non-hydrogen) atoms. The number of aromatic amines is 1. The molecule has 168 valence electrons. The molecule has 8 heteroatoms. The molecule has 0 saturated heterocycles. The zero-order chi connectivity index (χ0) is 22.7. The summed E-state index contributed by atoms with van der Waals surface area (Å²) in [6.45, 7) is 6.67. The van der Waals surface area contributed by atoms with Crippen LogP contribution in [0.2, 0.25) is 0 Å². The lowest BCUT2D eigenvalue weighted by Crippen LogP contribution is -2.35. The summed E-state index contributed by atoms with van der Waals surface area (Å²) in [4.78, 5) is 11.9. The molecule has 0 bridgehead atoms. The molecule has 0 aliphatic heterocycles. The van der Waals surface area contributed by atoms with Gasteiger partial charge in [-0.15, -0.1) is 0 Å². The molecule has 0 aliphatic carbocycles. The number of nitrogens with zero attached hydrogens (tertiary/aromatic N) is 2. The van der Waals surface area contributed by atoms with E-state index in [-0.39, 0.29) is 12.6 Å². The molecule has 2 aromatic heterocycles. The molecule has 0 saturated carbocycles. The quantitative estimate of drug-likeness (QED) is 0.365. The van der Waals surface area contributed by atoms with E-state index in [9.17, 15) is 5.11 Å². The third-order valence-electron chi connectivity index (χ3n) is 5.15. The van der Waals surface area contributed by atoms with Gasteiger partial charge in [-0.05, 0) is 36.8 Å². The van der Waals surface area contributed by atoms with E-state index in [4.69, 9.17) is 14.2 Å². The Balaban J connectivity index is 1.58. The molecular formula is C24H28N4O4. The first kappa shape index (κ1) is 21.9. The summed E-state index contributed by atoms with van der Waals surface area (Å²) in [5.41, 5.74) is 2.85. The van der Waals surface area contributed by atoms with Crippen molar-refractivity contribution < 1.29 is 19.3 Å². The van der Waals surface area contributed by atoms with Gasteiger partial charge in [0.15, 0.2) is 11.5 Å². The van der Waals surface area contributed by atoms with Crippen molar-refractivity contribution in [2.45, 2.75) is 32.9 Å². The first-order chi connectivity index (χ1) is 15.4. The number of aryl methyl sites for hydroxylation is 1. The van der Waals surface area contributed by atoms with Crippen LogP contribution in [0.5, 0.6) is 23.1 Å². The Morgan fingerprint density at radius 2 is 1.94 bits per heavy atom. The number of methoxy groups -OCH3 is 1. The molecule has 4 rings (SSSR count). The lowest BCUT2D eigenvalue weighted by Gasteiger charge is -2.17. The van der Waals surface area contributed by atoms with Crippen molar-refractivity contribution in [3.05, 3.63) is 48.4 Å². The number of aliphatic hydroxyl groups is 1. The molecule has 4 aromatic rings. The molecule has 8 nitrogen and oxygen atoms in total. The van der Waals surface area contributed by atoms with E-state index in [1.165, 1.54) is 6.33 Å². The number of benzene rings is 2. The van der Waals surface area contributed by atoms with Crippen LogP contribution < -0.4 is 19.5 Å². The molecule has 1 unspecified atom stereocenters. The van der Waals surface area contributed by atoms with Gasteiger partial charge in [0, 0.05) is 35.8 Å². The molecule has 2 heterocycles. The van der Waals surface area contributed by atoms with Crippen molar-refractivity contribution in [2.24, 2.45) is 0 Å². The van der Waals surface area contributed by atoms with Crippen LogP contribution in [0.1, 0.15) is 19.4 Å². The zero-order valence-corrected chi connectivity index (χ0v) is 18.7. The first-order valence-corrected chi connectivity index (χ1v) is 10.6. The number of fused-ring (bicyclic) bond motifs is 2. The van der Waals surface area contributed by atoms with E-state index in [1.54, 1.807) is 19.2 Å². The van der Waals surface area contributed by atoms with Crippen molar-refractivity contribution in [1.82, 2.24) is 20.3 Å². The van der Waals surface area contributed by atoms with Crippen LogP contribution in [0.25, 0.3) is 21.8 Å². The van der Waals surface area contributed by atoms with E-state index in [1.807, 2.05) is 45.2 Å². The van der Waals surface area contributed by atoms with E-state index >= 15 is 0 Å². The molecule has 0 radical (unpaired) electrons. The maximum atomic E-state index is 10.1. The molecule has 0 fully saturated rings. The number of aliphatic hydroxyl groups excluding tert-OH is 1. The second kappa shape index (κ2) is 9.42. The van der Waals surface area contributed by atoms with Gasteiger partial charge in [-0.25, -0.2) is 9.97 Å². The smallest absolute Gasteiger partial charge is 0.230 e. The van der Waals surface area contributed by atoms with Crippen molar-refractivity contribution in [2.75, 3.05) is 20.3 Å². The SMILES string of the molecule is COc1cc2c(Oc3ccc4[nH]cc(C)c4c3)ncnc2cc1OCC(O)CNC(C)C. The fourth-order valence-electron chi connectivity index (χ4n) is 3.43. The highest BCUT2D eigenvalue weighted by atomic mass is 16.5. The Morgan fingerprint density at radius 3 is 2.72 bits per heavy atom. The second-order valence-corrected chi connectivity index (χ2v) is 8.01. The number of rotatable bonds is 9. The third-order valence-corrected chi connectivity index (χ3v) is 5.15. The van der Waals surface area contributed by atoms with E-state index in [0.29, 0.717) is 40.6 Å². The summed E-state index contributed by atoms with van der Waals surface area (Å²) in [7, 11) is 1.57. The fraction of sp³-hybridized carbons (Fsp3) is 0.333. The minimum Gasteiger partial charge on any atom is -0.493 e. The lowest BCUT2D eigenvalue weighted by molar-refractivity contribution is 0.103. The summed E-state index contributed by atoms with van der Waals surface area (Å²) >= 11 is 0.